The van der Waals surface area contributed by atoms with Crippen molar-refractivity contribution in [3.05, 3.63) is 76.1 Å². The maximum atomic E-state index is 3.81. The van der Waals surface area contributed by atoms with Gasteiger partial charge in [-0.05, 0) is 61.7 Å². The standard InChI is InChI=1S/C27H36/c1-8-19(2)22-11-9-10-21(12-13-22)17-23-18-25-24(16-20(23)3)26(4,5)14-15-27(25,6)7/h10-11,14-15,18,20H,1,9,12-13,16-17H2,2-7H3/t20-/m0/s1. The molecule has 0 aromatic carbocycles. The van der Waals surface area contributed by atoms with E-state index < -0.39 is 0 Å². The fourth-order valence-electron chi connectivity index (χ4n) is 4.72. The van der Waals surface area contributed by atoms with E-state index in [1.54, 1.807) is 22.3 Å². The Labute approximate surface area is 166 Å². The Morgan fingerprint density at radius 3 is 2.52 bits per heavy atom. The molecule has 3 aliphatic carbocycles. The van der Waals surface area contributed by atoms with Crippen LogP contribution in [0.3, 0.4) is 0 Å². The second-order valence-electron chi connectivity index (χ2n) is 9.80. The van der Waals surface area contributed by atoms with Crippen LogP contribution < -0.4 is 0 Å². The van der Waals surface area contributed by atoms with E-state index in [2.05, 4.69) is 84.2 Å². The third-order valence-electron chi connectivity index (χ3n) is 6.85. The molecule has 0 saturated carbocycles. The zero-order valence-electron chi connectivity index (χ0n) is 18.2. The molecule has 0 spiro atoms. The molecule has 3 rings (SSSR count). The first-order valence-electron chi connectivity index (χ1n) is 10.5. The minimum absolute atomic E-state index is 0.147. The Morgan fingerprint density at radius 1 is 1.11 bits per heavy atom. The summed E-state index contributed by atoms with van der Waals surface area (Å²) in [6.45, 7) is 17.8. The highest BCUT2D eigenvalue weighted by molar-refractivity contribution is 5.48. The van der Waals surface area contributed by atoms with Crippen LogP contribution in [0, 0.1) is 16.7 Å². The molecule has 0 bridgehead atoms. The Bertz CT molecular complexity index is 823. The molecule has 0 N–H and O–H groups in total. The monoisotopic (exact) mass is 360 g/mol. The average Bonchev–Trinajstić information content (AvgIpc) is 2.85. The lowest BCUT2D eigenvalue weighted by Crippen LogP contribution is -2.29. The van der Waals surface area contributed by atoms with Crippen molar-refractivity contribution in [3.63, 3.8) is 0 Å². The molecule has 0 fully saturated rings. The molecule has 0 amide bonds. The number of hydrogen-bond donors (Lipinski definition) is 0. The first kappa shape index (κ1) is 20.0. The summed E-state index contributed by atoms with van der Waals surface area (Å²) >= 11 is 0. The largest absolute Gasteiger partial charge is 0.125 e. The minimum atomic E-state index is 0.147. The van der Waals surface area contributed by atoms with Gasteiger partial charge in [-0.25, -0.2) is 0 Å². The number of allylic oxidation sites excluding steroid dienone is 11. The molecule has 0 heteroatoms. The van der Waals surface area contributed by atoms with Crippen LogP contribution in [0.2, 0.25) is 0 Å². The van der Waals surface area contributed by atoms with Gasteiger partial charge >= 0.3 is 0 Å². The van der Waals surface area contributed by atoms with Crippen LogP contribution in [0.4, 0.5) is 0 Å². The van der Waals surface area contributed by atoms with Crippen molar-refractivity contribution < 1.29 is 0 Å². The summed E-state index contributed by atoms with van der Waals surface area (Å²) in [4.78, 5) is 0. The van der Waals surface area contributed by atoms with Crippen molar-refractivity contribution in [2.24, 2.45) is 16.7 Å². The van der Waals surface area contributed by atoms with Gasteiger partial charge < -0.3 is 0 Å². The lowest BCUT2D eigenvalue weighted by Gasteiger charge is -2.42. The quantitative estimate of drug-likeness (QED) is 0.353. The average molecular weight is 361 g/mol. The minimum Gasteiger partial charge on any atom is -0.125 e. The van der Waals surface area contributed by atoms with Crippen molar-refractivity contribution in [1.82, 2.24) is 0 Å². The van der Waals surface area contributed by atoms with E-state index in [0.29, 0.717) is 5.92 Å². The van der Waals surface area contributed by atoms with E-state index in [4.69, 9.17) is 0 Å². The van der Waals surface area contributed by atoms with Crippen molar-refractivity contribution in [2.75, 3.05) is 0 Å². The van der Waals surface area contributed by atoms with Gasteiger partial charge in [-0.1, -0.05) is 88.3 Å². The molecular formula is C27H36. The number of hydrogen-bond acceptors (Lipinski definition) is 0. The van der Waals surface area contributed by atoms with E-state index in [0.717, 1.165) is 25.7 Å². The van der Waals surface area contributed by atoms with Crippen LogP contribution in [0.5, 0.6) is 0 Å². The van der Waals surface area contributed by atoms with Crippen LogP contribution in [0.1, 0.15) is 73.6 Å². The predicted octanol–water partition coefficient (Wildman–Crippen LogP) is 8.03. The molecule has 0 aliphatic heterocycles. The maximum absolute atomic E-state index is 3.81. The van der Waals surface area contributed by atoms with Crippen molar-refractivity contribution in [3.8, 4) is 0 Å². The first-order chi connectivity index (χ1) is 12.6. The summed E-state index contributed by atoms with van der Waals surface area (Å²) < 4.78 is 0. The Morgan fingerprint density at radius 2 is 1.81 bits per heavy atom. The van der Waals surface area contributed by atoms with Crippen LogP contribution in [-0.4, -0.2) is 0 Å². The zero-order chi connectivity index (χ0) is 19.8. The van der Waals surface area contributed by atoms with Crippen LogP contribution >= 0.6 is 0 Å². The smallest absolute Gasteiger partial charge is 0.00755 e. The maximum Gasteiger partial charge on any atom is 0.00755 e. The highest BCUT2D eigenvalue weighted by atomic mass is 14.4. The van der Waals surface area contributed by atoms with Gasteiger partial charge in [-0.2, -0.15) is 0 Å². The Kier molecular flexibility index (Phi) is 5.42. The highest BCUT2D eigenvalue weighted by Crippen LogP contribution is 2.51. The zero-order valence-corrected chi connectivity index (χ0v) is 18.2. The van der Waals surface area contributed by atoms with E-state index in [1.165, 1.54) is 17.6 Å². The number of rotatable bonds is 3. The molecular weight excluding hydrogens is 324 g/mol. The lowest BCUT2D eigenvalue weighted by atomic mass is 9.62. The van der Waals surface area contributed by atoms with E-state index in [-0.39, 0.29) is 10.8 Å². The van der Waals surface area contributed by atoms with Gasteiger partial charge in [0, 0.05) is 10.8 Å². The summed E-state index contributed by atoms with van der Waals surface area (Å²) in [7, 11) is 0. The molecule has 0 nitrogen and oxygen atoms in total. The summed E-state index contributed by atoms with van der Waals surface area (Å²) in [5.74, 6) is 0.636. The predicted molar refractivity (Wildman–Crippen MR) is 119 cm³/mol. The molecule has 0 radical (unpaired) electrons. The summed E-state index contributed by atoms with van der Waals surface area (Å²) in [5, 5.41) is 0. The van der Waals surface area contributed by atoms with Gasteiger partial charge in [0.2, 0.25) is 0 Å². The van der Waals surface area contributed by atoms with Crippen molar-refractivity contribution >= 4 is 0 Å². The molecule has 0 aromatic rings. The summed E-state index contributed by atoms with van der Waals surface area (Å²) in [6, 6.07) is 0. The molecule has 0 saturated heterocycles. The highest BCUT2D eigenvalue weighted by Gasteiger charge is 2.37. The molecule has 144 valence electrons. The second kappa shape index (κ2) is 7.33. The van der Waals surface area contributed by atoms with E-state index in [1.807, 2.05) is 0 Å². The summed E-state index contributed by atoms with van der Waals surface area (Å²) in [5.41, 5.74) is 12.5. The Balaban J connectivity index is 1.82. The summed E-state index contributed by atoms with van der Waals surface area (Å²) in [6.07, 6.45) is 17.9. The molecule has 27 heavy (non-hydrogen) atoms. The van der Waals surface area contributed by atoms with E-state index in [9.17, 15) is 0 Å². The van der Waals surface area contributed by atoms with Crippen molar-refractivity contribution in [1.29, 1.82) is 0 Å². The molecule has 0 unspecified atom stereocenters. The van der Waals surface area contributed by atoms with Crippen LogP contribution in [0.15, 0.2) is 76.1 Å². The fourth-order valence-corrected chi connectivity index (χ4v) is 4.72. The third-order valence-corrected chi connectivity index (χ3v) is 6.85. The molecule has 0 heterocycles. The third kappa shape index (κ3) is 4.07. The van der Waals surface area contributed by atoms with Gasteiger partial charge in [-0.3, -0.25) is 0 Å². The van der Waals surface area contributed by atoms with Gasteiger partial charge in [-0.15, -0.1) is 5.73 Å². The Hall–Kier alpha value is -1.78. The van der Waals surface area contributed by atoms with E-state index >= 15 is 0 Å². The van der Waals surface area contributed by atoms with Gasteiger partial charge in [0.1, 0.15) is 0 Å². The van der Waals surface area contributed by atoms with Gasteiger partial charge in [0.25, 0.3) is 0 Å². The first-order valence-corrected chi connectivity index (χ1v) is 10.5. The molecule has 1 atom stereocenters. The molecule has 0 aromatic heterocycles. The SMILES string of the molecule is C=C=C(C)C1=CCC=C(CC2=CC3=C(C[C@@H]2C)C(C)(C)C=CC3(C)C)CC1. The molecule has 3 aliphatic rings. The van der Waals surface area contributed by atoms with Crippen LogP contribution in [-0.2, 0) is 0 Å². The van der Waals surface area contributed by atoms with Gasteiger partial charge in [0.05, 0.1) is 0 Å². The lowest BCUT2D eigenvalue weighted by molar-refractivity contribution is 0.435. The fraction of sp³-hybridized carbons (Fsp3) is 0.519. The van der Waals surface area contributed by atoms with Crippen LogP contribution in [0.25, 0.3) is 0 Å². The van der Waals surface area contributed by atoms with Crippen molar-refractivity contribution in [2.45, 2.75) is 73.6 Å². The normalized spacial score (nSPS) is 26.3. The second-order valence-corrected chi connectivity index (χ2v) is 9.80. The van der Waals surface area contributed by atoms with Gasteiger partial charge in [0.15, 0.2) is 0 Å². The topological polar surface area (TPSA) is 0 Å².